The first-order valence-electron chi connectivity index (χ1n) is 9.09. The molecule has 2 saturated carbocycles. The van der Waals surface area contributed by atoms with Gasteiger partial charge >= 0.3 is 6.03 Å². The summed E-state index contributed by atoms with van der Waals surface area (Å²) in [4.78, 5) is 26.0. The van der Waals surface area contributed by atoms with Crippen LogP contribution in [0.25, 0.3) is 0 Å². The number of anilines is 1. The quantitative estimate of drug-likeness (QED) is 0.787. The maximum Gasteiger partial charge on any atom is 0.321 e. The van der Waals surface area contributed by atoms with Gasteiger partial charge in [-0.2, -0.15) is 0 Å². The number of carbonyl (C=O) groups is 2. The smallest absolute Gasteiger partial charge is 0.321 e. The monoisotopic (exact) mass is 344 g/mol. The summed E-state index contributed by atoms with van der Waals surface area (Å²) in [5.74, 6) is 0.907. The molecule has 2 bridgehead atoms. The van der Waals surface area contributed by atoms with Gasteiger partial charge in [-0.1, -0.05) is 12.5 Å². The maximum atomic E-state index is 12.7. The summed E-state index contributed by atoms with van der Waals surface area (Å²) < 4.78 is 0. The van der Waals surface area contributed by atoms with Crippen molar-refractivity contribution in [3.63, 3.8) is 0 Å². The van der Waals surface area contributed by atoms with Crippen molar-refractivity contribution < 1.29 is 9.59 Å². The van der Waals surface area contributed by atoms with Crippen molar-refractivity contribution in [3.8, 4) is 0 Å². The highest BCUT2D eigenvalue weighted by Gasteiger charge is 2.39. The van der Waals surface area contributed by atoms with Crippen molar-refractivity contribution in [2.24, 2.45) is 17.6 Å². The molecule has 0 heterocycles. The van der Waals surface area contributed by atoms with E-state index in [0.717, 1.165) is 25.7 Å². The largest absolute Gasteiger partial charge is 0.349 e. The van der Waals surface area contributed by atoms with E-state index in [1.807, 2.05) is 0 Å². The fraction of sp³-hybridized carbons (Fsp3) is 0.579. The van der Waals surface area contributed by atoms with E-state index in [9.17, 15) is 9.59 Å². The Morgan fingerprint density at radius 2 is 1.84 bits per heavy atom. The topological polar surface area (TPSA) is 87.5 Å². The molecule has 1 aromatic carbocycles. The van der Waals surface area contributed by atoms with Crippen LogP contribution in [0.5, 0.6) is 0 Å². The molecule has 2 unspecified atom stereocenters. The van der Waals surface area contributed by atoms with Crippen molar-refractivity contribution >= 4 is 17.6 Å². The fourth-order valence-electron chi connectivity index (χ4n) is 4.23. The van der Waals surface area contributed by atoms with Gasteiger partial charge in [0, 0.05) is 37.4 Å². The predicted molar refractivity (Wildman–Crippen MR) is 98.4 cm³/mol. The molecule has 6 heteroatoms. The normalized spacial score (nSPS) is 28.1. The molecule has 25 heavy (non-hydrogen) atoms. The van der Waals surface area contributed by atoms with Crippen LogP contribution in [0.2, 0.25) is 0 Å². The van der Waals surface area contributed by atoms with Crippen LogP contribution in [0, 0.1) is 11.8 Å². The molecule has 0 saturated heterocycles. The second-order valence-electron chi connectivity index (χ2n) is 7.59. The summed E-state index contributed by atoms with van der Waals surface area (Å²) in [6.07, 6.45) is 5.53. The number of hydrogen-bond acceptors (Lipinski definition) is 3. The highest BCUT2D eigenvalue weighted by Crippen LogP contribution is 2.39. The molecule has 0 spiro atoms. The molecule has 136 valence electrons. The van der Waals surface area contributed by atoms with Gasteiger partial charge in [-0.3, -0.25) is 4.79 Å². The minimum Gasteiger partial charge on any atom is -0.349 e. The highest BCUT2D eigenvalue weighted by atomic mass is 16.2. The number of carbonyl (C=O) groups excluding carboxylic acids is 2. The first kappa shape index (κ1) is 17.7. The lowest BCUT2D eigenvalue weighted by Gasteiger charge is -2.45. The molecule has 0 aromatic heterocycles. The molecular weight excluding hydrogens is 316 g/mol. The van der Waals surface area contributed by atoms with Crippen LogP contribution < -0.4 is 16.4 Å². The summed E-state index contributed by atoms with van der Waals surface area (Å²) in [6.45, 7) is 0. The van der Waals surface area contributed by atoms with Crippen LogP contribution >= 0.6 is 0 Å². The van der Waals surface area contributed by atoms with Crippen LogP contribution in [-0.2, 0) is 0 Å². The van der Waals surface area contributed by atoms with Gasteiger partial charge in [-0.15, -0.1) is 0 Å². The summed E-state index contributed by atoms with van der Waals surface area (Å²) in [5, 5.41) is 6.02. The van der Waals surface area contributed by atoms with Crippen LogP contribution in [0.1, 0.15) is 42.5 Å². The lowest BCUT2D eigenvalue weighted by atomic mass is 9.67. The van der Waals surface area contributed by atoms with E-state index in [1.165, 1.54) is 11.3 Å². The summed E-state index contributed by atoms with van der Waals surface area (Å²) >= 11 is 0. The van der Waals surface area contributed by atoms with Crippen LogP contribution in [0.4, 0.5) is 10.5 Å². The SMILES string of the molecule is CN(C)C(=O)Nc1cccc(C(=O)NC2C3CCCC2CC(N)C3)c1. The molecule has 2 atom stereocenters. The molecule has 6 nitrogen and oxygen atoms in total. The van der Waals surface area contributed by atoms with E-state index in [1.54, 1.807) is 38.4 Å². The minimum absolute atomic E-state index is 0.0710. The molecule has 3 rings (SSSR count). The van der Waals surface area contributed by atoms with Gasteiger partial charge in [-0.25, -0.2) is 4.79 Å². The number of benzene rings is 1. The van der Waals surface area contributed by atoms with E-state index in [4.69, 9.17) is 5.73 Å². The van der Waals surface area contributed by atoms with Crippen LogP contribution in [0.15, 0.2) is 24.3 Å². The fourth-order valence-corrected chi connectivity index (χ4v) is 4.23. The molecule has 4 N–H and O–H groups in total. The maximum absolute atomic E-state index is 12.7. The molecule has 2 fully saturated rings. The van der Waals surface area contributed by atoms with Crippen molar-refractivity contribution in [3.05, 3.63) is 29.8 Å². The minimum atomic E-state index is -0.214. The Balaban J connectivity index is 1.68. The number of hydrogen-bond donors (Lipinski definition) is 3. The molecule has 1 aromatic rings. The Bertz CT molecular complexity index is 632. The number of nitrogens with two attached hydrogens (primary N) is 1. The average Bonchev–Trinajstić information content (AvgIpc) is 2.55. The zero-order chi connectivity index (χ0) is 18.0. The van der Waals surface area contributed by atoms with E-state index < -0.39 is 0 Å². The van der Waals surface area contributed by atoms with Gasteiger partial charge in [-0.05, 0) is 55.7 Å². The van der Waals surface area contributed by atoms with Gasteiger partial charge in [0.15, 0.2) is 0 Å². The second kappa shape index (κ2) is 7.44. The third-order valence-corrected chi connectivity index (χ3v) is 5.46. The van der Waals surface area contributed by atoms with Gasteiger partial charge < -0.3 is 21.3 Å². The highest BCUT2D eigenvalue weighted by molar-refractivity contribution is 5.97. The zero-order valence-corrected chi connectivity index (χ0v) is 15.0. The third-order valence-electron chi connectivity index (χ3n) is 5.46. The molecule has 0 aliphatic heterocycles. The zero-order valence-electron chi connectivity index (χ0n) is 15.0. The lowest BCUT2D eigenvalue weighted by molar-refractivity contribution is 0.0756. The van der Waals surface area contributed by atoms with Crippen LogP contribution in [-0.4, -0.2) is 43.0 Å². The van der Waals surface area contributed by atoms with E-state index in [0.29, 0.717) is 23.1 Å². The standard InChI is InChI=1S/C19H28N4O2/c1-23(2)19(25)21-16-8-4-7-14(11-16)18(24)22-17-12-5-3-6-13(17)10-15(20)9-12/h4,7-8,11-13,15,17H,3,5-6,9-10,20H2,1-2H3,(H,21,25)(H,22,24). The van der Waals surface area contributed by atoms with Crippen molar-refractivity contribution in [1.29, 1.82) is 0 Å². The number of nitrogens with zero attached hydrogens (tertiary/aromatic N) is 1. The molecule has 3 amide bonds. The van der Waals surface area contributed by atoms with Crippen molar-refractivity contribution in [2.75, 3.05) is 19.4 Å². The number of nitrogens with one attached hydrogen (secondary N) is 2. The van der Waals surface area contributed by atoms with Crippen molar-refractivity contribution in [2.45, 2.75) is 44.2 Å². The Kier molecular flexibility index (Phi) is 5.27. The molecule has 2 aliphatic rings. The van der Waals surface area contributed by atoms with Gasteiger partial charge in [0.05, 0.1) is 0 Å². The van der Waals surface area contributed by atoms with Gasteiger partial charge in [0.25, 0.3) is 5.91 Å². The summed E-state index contributed by atoms with van der Waals surface area (Å²) in [6, 6.07) is 7.36. The lowest BCUT2D eigenvalue weighted by Crippen LogP contribution is -2.53. The summed E-state index contributed by atoms with van der Waals surface area (Å²) in [7, 11) is 3.36. The van der Waals surface area contributed by atoms with Gasteiger partial charge in [0.2, 0.25) is 0 Å². The Morgan fingerprint density at radius 3 is 2.48 bits per heavy atom. The molecular formula is C19H28N4O2. The van der Waals surface area contributed by atoms with Crippen LogP contribution in [0.3, 0.4) is 0 Å². The Hall–Kier alpha value is -2.08. The Labute approximate surface area is 149 Å². The Morgan fingerprint density at radius 1 is 1.16 bits per heavy atom. The number of amides is 3. The number of urea groups is 1. The van der Waals surface area contributed by atoms with Gasteiger partial charge in [0.1, 0.15) is 0 Å². The van der Waals surface area contributed by atoms with Crippen molar-refractivity contribution in [1.82, 2.24) is 10.2 Å². The van der Waals surface area contributed by atoms with E-state index in [2.05, 4.69) is 10.6 Å². The second-order valence-corrected chi connectivity index (χ2v) is 7.59. The average molecular weight is 344 g/mol. The molecule has 2 aliphatic carbocycles. The summed E-state index contributed by atoms with van der Waals surface area (Å²) in [5.41, 5.74) is 7.36. The number of fused-ring (bicyclic) bond motifs is 2. The third kappa shape index (κ3) is 4.12. The molecule has 0 radical (unpaired) electrons. The number of rotatable bonds is 3. The van der Waals surface area contributed by atoms with E-state index in [-0.39, 0.29) is 24.0 Å². The first-order valence-corrected chi connectivity index (χ1v) is 9.09. The predicted octanol–water partition coefficient (Wildman–Crippen LogP) is 2.42. The van der Waals surface area contributed by atoms with E-state index >= 15 is 0 Å². The first-order chi connectivity index (χ1) is 11.9.